The number of aromatic nitrogens is 2. The number of hydrogen-bond acceptors (Lipinski definition) is 6. The second-order valence-corrected chi connectivity index (χ2v) is 7.86. The smallest absolute Gasteiger partial charge is 0.257 e. The van der Waals surface area contributed by atoms with Crippen LogP contribution in [0.2, 0.25) is 0 Å². The van der Waals surface area contributed by atoms with Crippen molar-refractivity contribution in [2.75, 3.05) is 19.6 Å². The summed E-state index contributed by atoms with van der Waals surface area (Å²) in [4.78, 5) is 3.39. The van der Waals surface area contributed by atoms with Crippen molar-refractivity contribution in [2.45, 2.75) is 25.8 Å². The van der Waals surface area contributed by atoms with Crippen LogP contribution in [-0.4, -0.2) is 34.7 Å². The van der Waals surface area contributed by atoms with E-state index in [4.69, 9.17) is 10.2 Å². The van der Waals surface area contributed by atoms with Gasteiger partial charge in [0.2, 0.25) is 5.89 Å². The van der Waals surface area contributed by atoms with Crippen LogP contribution in [0, 0.1) is 5.92 Å². The molecule has 7 heteroatoms. The molecule has 2 aromatic heterocycles. The molecule has 1 aliphatic heterocycles. The minimum atomic E-state index is 0.610. The highest BCUT2D eigenvalue weighted by Crippen LogP contribution is 2.30. The topological polar surface area (TPSA) is 68.2 Å². The van der Waals surface area contributed by atoms with Gasteiger partial charge in [-0.05, 0) is 72.9 Å². The van der Waals surface area contributed by atoms with Gasteiger partial charge in [-0.1, -0.05) is 0 Å². The normalized spacial score (nSPS) is 17.4. The van der Waals surface area contributed by atoms with Gasteiger partial charge in [-0.15, -0.1) is 21.5 Å². The van der Waals surface area contributed by atoms with Gasteiger partial charge in [0.25, 0.3) is 5.89 Å². The molecule has 0 unspecified atom stereocenters. The van der Waals surface area contributed by atoms with Gasteiger partial charge in [-0.25, -0.2) is 0 Å². The standard InChI is InChI=1S/C14H19BrN4OS/c15-12-2-1-11(21-12)14-18-17-13(20-14)9-19-7-4-10(3-6-16)5-8-19/h1-2,10H,3-9,16H2. The van der Waals surface area contributed by atoms with E-state index in [-0.39, 0.29) is 0 Å². The lowest BCUT2D eigenvalue weighted by molar-refractivity contribution is 0.161. The third-order valence-corrected chi connectivity index (χ3v) is 5.50. The molecule has 0 spiro atoms. The first-order valence-corrected chi connectivity index (χ1v) is 8.86. The number of nitrogens with zero attached hydrogens (tertiary/aromatic N) is 3. The Bertz CT molecular complexity index is 577. The number of rotatable bonds is 5. The average molecular weight is 371 g/mol. The van der Waals surface area contributed by atoms with Crippen molar-refractivity contribution in [3.05, 3.63) is 21.8 Å². The van der Waals surface area contributed by atoms with Crippen LogP contribution < -0.4 is 5.73 Å². The molecule has 114 valence electrons. The minimum absolute atomic E-state index is 0.610. The van der Waals surface area contributed by atoms with Gasteiger partial charge >= 0.3 is 0 Å². The Balaban J connectivity index is 1.56. The number of piperidine rings is 1. The summed E-state index contributed by atoms with van der Waals surface area (Å²) in [7, 11) is 0. The number of likely N-dealkylation sites (tertiary alicyclic amines) is 1. The summed E-state index contributed by atoms with van der Waals surface area (Å²) in [5.41, 5.74) is 5.63. The molecule has 0 saturated carbocycles. The first-order valence-electron chi connectivity index (χ1n) is 7.25. The first-order chi connectivity index (χ1) is 10.2. The van der Waals surface area contributed by atoms with Crippen molar-refractivity contribution in [1.82, 2.24) is 15.1 Å². The quantitative estimate of drug-likeness (QED) is 0.875. The molecule has 5 nitrogen and oxygen atoms in total. The van der Waals surface area contributed by atoms with Crippen LogP contribution in [0.4, 0.5) is 0 Å². The Labute approximate surface area is 136 Å². The fourth-order valence-corrected chi connectivity index (χ4v) is 4.01. The van der Waals surface area contributed by atoms with Crippen molar-refractivity contribution < 1.29 is 4.42 Å². The van der Waals surface area contributed by atoms with E-state index >= 15 is 0 Å². The van der Waals surface area contributed by atoms with E-state index < -0.39 is 0 Å². The molecule has 1 aliphatic rings. The molecule has 3 rings (SSSR count). The lowest BCUT2D eigenvalue weighted by Gasteiger charge is -2.30. The number of halogens is 1. The number of nitrogens with two attached hydrogens (primary N) is 1. The van der Waals surface area contributed by atoms with E-state index in [9.17, 15) is 0 Å². The van der Waals surface area contributed by atoms with Crippen molar-refractivity contribution >= 4 is 27.3 Å². The molecule has 0 atom stereocenters. The molecule has 0 bridgehead atoms. The predicted octanol–water partition coefficient (Wildman–Crippen LogP) is 3.12. The molecule has 0 aromatic carbocycles. The van der Waals surface area contributed by atoms with Gasteiger partial charge in [-0.2, -0.15) is 0 Å². The van der Waals surface area contributed by atoms with E-state index in [2.05, 4.69) is 31.0 Å². The van der Waals surface area contributed by atoms with Gasteiger partial charge in [0.05, 0.1) is 15.2 Å². The van der Waals surface area contributed by atoms with Gasteiger partial charge in [0.15, 0.2) is 0 Å². The molecule has 21 heavy (non-hydrogen) atoms. The molecule has 0 radical (unpaired) electrons. The summed E-state index contributed by atoms with van der Waals surface area (Å²) in [5, 5.41) is 8.30. The second-order valence-electron chi connectivity index (χ2n) is 5.40. The molecule has 0 amide bonds. The van der Waals surface area contributed by atoms with E-state index in [1.165, 1.54) is 12.8 Å². The van der Waals surface area contributed by atoms with Gasteiger partial charge in [0, 0.05) is 0 Å². The molecular formula is C14H19BrN4OS. The Morgan fingerprint density at radius 3 is 2.81 bits per heavy atom. The zero-order valence-electron chi connectivity index (χ0n) is 11.8. The maximum Gasteiger partial charge on any atom is 0.257 e. The zero-order valence-corrected chi connectivity index (χ0v) is 14.2. The van der Waals surface area contributed by atoms with Crippen molar-refractivity contribution in [2.24, 2.45) is 11.7 Å². The highest BCUT2D eigenvalue weighted by atomic mass is 79.9. The van der Waals surface area contributed by atoms with Gasteiger partial charge in [-0.3, -0.25) is 4.90 Å². The Morgan fingerprint density at radius 1 is 1.33 bits per heavy atom. The second kappa shape index (κ2) is 7.00. The molecule has 2 N–H and O–H groups in total. The summed E-state index contributed by atoms with van der Waals surface area (Å²) < 4.78 is 6.83. The lowest BCUT2D eigenvalue weighted by Crippen LogP contribution is -2.33. The number of hydrogen-bond donors (Lipinski definition) is 1. The molecule has 1 fully saturated rings. The van der Waals surface area contributed by atoms with E-state index in [1.54, 1.807) is 11.3 Å². The maximum atomic E-state index is 5.77. The van der Waals surface area contributed by atoms with Crippen LogP contribution in [0.15, 0.2) is 20.3 Å². The summed E-state index contributed by atoms with van der Waals surface area (Å²) in [6.45, 7) is 3.73. The van der Waals surface area contributed by atoms with Crippen LogP contribution in [0.5, 0.6) is 0 Å². The maximum absolute atomic E-state index is 5.77. The summed E-state index contributed by atoms with van der Waals surface area (Å²) in [5.74, 6) is 2.10. The van der Waals surface area contributed by atoms with E-state index in [0.717, 1.165) is 47.2 Å². The average Bonchev–Trinajstić information content (AvgIpc) is 3.10. The van der Waals surface area contributed by atoms with Crippen molar-refractivity contribution in [3.63, 3.8) is 0 Å². The predicted molar refractivity (Wildman–Crippen MR) is 87.0 cm³/mol. The first kappa shape index (κ1) is 15.1. The van der Waals surface area contributed by atoms with Crippen LogP contribution in [-0.2, 0) is 6.54 Å². The summed E-state index contributed by atoms with van der Waals surface area (Å²) in [6.07, 6.45) is 3.58. The summed E-state index contributed by atoms with van der Waals surface area (Å²) >= 11 is 5.05. The zero-order chi connectivity index (χ0) is 14.7. The summed E-state index contributed by atoms with van der Waals surface area (Å²) in [6, 6.07) is 3.98. The lowest BCUT2D eigenvalue weighted by atomic mass is 9.94. The third kappa shape index (κ3) is 3.91. The third-order valence-electron chi connectivity index (χ3n) is 3.89. The fourth-order valence-electron chi connectivity index (χ4n) is 2.71. The monoisotopic (exact) mass is 370 g/mol. The highest BCUT2D eigenvalue weighted by molar-refractivity contribution is 9.11. The van der Waals surface area contributed by atoms with Gasteiger partial charge in [0.1, 0.15) is 0 Å². The number of thiophene rings is 1. The molecule has 1 saturated heterocycles. The highest BCUT2D eigenvalue weighted by Gasteiger charge is 2.20. The minimum Gasteiger partial charge on any atom is -0.419 e. The van der Waals surface area contributed by atoms with Crippen molar-refractivity contribution in [3.8, 4) is 10.8 Å². The van der Waals surface area contributed by atoms with Crippen LogP contribution in [0.1, 0.15) is 25.2 Å². The van der Waals surface area contributed by atoms with Gasteiger partial charge < -0.3 is 10.2 Å². The fraction of sp³-hybridized carbons (Fsp3) is 0.571. The van der Waals surface area contributed by atoms with Crippen LogP contribution >= 0.6 is 27.3 Å². The largest absolute Gasteiger partial charge is 0.419 e. The van der Waals surface area contributed by atoms with E-state index in [1.807, 2.05) is 12.1 Å². The van der Waals surface area contributed by atoms with Crippen LogP contribution in [0.25, 0.3) is 10.8 Å². The molecule has 0 aliphatic carbocycles. The Hall–Kier alpha value is -0.760. The van der Waals surface area contributed by atoms with Crippen LogP contribution in [0.3, 0.4) is 0 Å². The Morgan fingerprint density at radius 2 is 2.14 bits per heavy atom. The Kier molecular flexibility index (Phi) is 5.05. The molecular weight excluding hydrogens is 352 g/mol. The molecule has 3 heterocycles. The van der Waals surface area contributed by atoms with E-state index in [0.29, 0.717) is 11.8 Å². The SMILES string of the molecule is NCCC1CCN(Cc2nnc(-c3ccc(Br)s3)o2)CC1. The van der Waals surface area contributed by atoms with Crippen molar-refractivity contribution in [1.29, 1.82) is 0 Å². The molecule has 2 aromatic rings.